The van der Waals surface area contributed by atoms with Crippen LogP contribution in [0.2, 0.25) is 0 Å². The van der Waals surface area contributed by atoms with Crippen LogP contribution in [0.1, 0.15) is 27.0 Å². The molecule has 0 saturated carbocycles. The summed E-state index contributed by atoms with van der Waals surface area (Å²) in [6.07, 6.45) is 1.71. The SMILES string of the molecule is C=Cc1ccccc1C(=O)c1ccccc1C.CBr. The van der Waals surface area contributed by atoms with Crippen LogP contribution in [0, 0.1) is 6.92 Å². The van der Waals surface area contributed by atoms with Crippen molar-refractivity contribution in [1.82, 2.24) is 0 Å². The van der Waals surface area contributed by atoms with Gasteiger partial charge in [0.1, 0.15) is 0 Å². The van der Waals surface area contributed by atoms with E-state index in [2.05, 4.69) is 22.5 Å². The number of alkyl halides is 1. The summed E-state index contributed by atoms with van der Waals surface area (Å²) in [7, 11) is 0. The molecule has 0 N–H and O–H groups in total. The fourth-order valence-electron chi connectivity index (χ4n) is 1.85. The topological polar surface area (TPSA) is 17.1 Å². The third-order valence-corrected chi connectivity index (χ3v) is 2.82. The molecule has 19 heavy (non-hydrogen) atoms. The summed E-state index contributed by atoms with van der Waals surface area (Å²) in [5.41, 5.74) is 3.33. The minimum absolute atomic E-state index is 0.0543. The lowest BCUT2D eigenvalue weighted by Crippen LogP contribution is -2.05. The van der Waals surface area contributed by atoms with Gasteiger partial charge in [0, 0.05) is 11.1 Å². The lowest BCUT2D eigenvalue weighted by atomic mass is 9.96. The molecule has 0 atom stereocenters. The number of rotatable bonds is 3. The van der Waals surface area contributed by atoms with Gasteiger partial charge in [-0.2, -0.15) is 0 Å². The zero-order valence-electron chi connectivity index (χ0n) is 11.2. The quantitative estimate of drug-likeness (QED) is 0.582. The van der Waals surface area contributed by atoms with E-state index in [9.17, 15) is 4.79 Å². The number of hydrogen-bond acceptors (Lipinski definition) is 1. The van der Waals surface area contributed by atoms with Gasteiger partial charge in [0.25, 0.3) is 0 Å². The van der Waals surface area contributed by atoms with E-state index >= 15 is 0 Å². The first-order valence-electron chi connectivity index (χ1n) is 5.93. The van der Waals surface area contributed by atoms with E-state index in [0.717, 1.165) is 16.7 Å². The highest BCUT2D eigenvalue weighted by molar-refractivity contribution is 9.08. The van der Waals surface area contributed by atoms with Crippen molar-refractivity contribution in [2.24, 2.45) is 0 Å². The predicted molar refractivity (Wildman–Crippen MR) is 86.0 cm³/mol. The van der Waals surface area contributed by atoms with Gasteiger partial charge < -0.3 is 0 Å². The third-order valence-electron chi connectivity index (χ3n) is 2.82. The number of hydrogen-bond donors (Lipinski definition) is 0. The van der Waals surface area contributed by atoms with Crippen molar-refractivity contribution in [1.29, 1.82) is 0 Å². The maximum Gasteiger partial charge on any atom is 0.193 e. The summed E-state index contributed by atoms with van der Waals surface area (Å²) >= 11 is 2.94. The standard InChI is InChI=1S/C16H14O.CH3Br/c1-3-13-9-5-7-11-15(13)16(17)14-10-6-4-8-12(14)2;1-2/h3-11H,1H2,2H3;1H3. The maximum atomic E-state index is 12.4. The molecule has 2 aromatic rings. The van der Waals surface area contributed by atoms with Crippen LogP contribution < -0.4 is 0 Å². The molecule has 0 aromatic heterocycles. The Hall–Kier alpha value is -1.67. The van der Waals surface area contributed by atoms with E-state index in [-0.39, 0.29) is 5.78 Å². The van der Waals surface area contributed by atoms with Gasteiger partial charge in [-0.3, -0.25) is 4.79 Å². The first kappa shape index (κ1) is 15.4. The molecule has 2 heteroatoms. The van der Waals surface area contributed by atoms with Crippen molar-refractivity contribution in [3.05, 3.63) is 77.4 Å². The van der Waals surface area contributed by atoms with Crippen LogP contribution in [-0.2, 0) is 0 Å². The summed E-state index contributed by atoms with van der Waals surface area (Å²) in [6.45, 7) is 5.69. The molecule has 2 rings (SSSR count). The molecule has 0 aliphatic heterocycles. The van der Waals surface area contributed by atoms with E-state index in [1.807, 2.05) is 61.3 Å². The molecule has 0 fully saturated rings. The lowest BCUT2D eigenvalue weighted by molar-refractivity contribution is 0.103. The fraction of sp³-hybridized carbons (Fsp3) is 0.118. The fourth-order valence-corrected chi connectivity index (χ4v) is 1.85. The van der Waals surface area contributed by atoms with E-state index in [0.29, 0.717) is 5.56 Å². The molecular formula is C17H17BrO. The number of carbonyl (C=O) groups is 1. The second-order valence-electron chi connectivity index (χ2n) is 3.94. The zero-order chi connectivity index (χ0) is 14.3. The number of ketones is 1. The molecule has 0 aliphatic carbocycles. The Morgan fingerprint density at radius 2 is 1.53 bits per heavy atom. The van der Waals surface area contributed by atoms with Gasteiger partial charge in [-0.15, -0.1) is 0 Å². The molecule has 0 spiro atoms. The molecule has 0 aliphatic rings. The van der Waals surface area contributed by atoms with Gasteiger partial charge >= 0.3 is 0 Å². The summed E-state index contributed by atoms with van der Waals surface area (Å²) in [5.74, 6) is 1.87. The van der Waals surface area contributed by atoms with Crippen LogP contribution in [0.4, 0.5) is 0 Å². The number of carbonyl (C=O) groups excluding carboxylic acids is 1. The molecule has 2 aromatic carbocycles. The van der Waals surface area contributed by atoms with Crippen molar-refractivity contribution < 1.29 is 4.79 Å². The highest BCUT2D eigenvalue weighted by Gasteiger charge is 2.13. The van der Waals surface area contributed by atoms with Gasteiger partial charge in [0.15, 0.2) is 5.78 Å². The number of aryl methyl sites for hydroxylation is 1. The Balaban J connectivity index is 0.000000861. The Kier molecular flexibility index (Phi) is 6.23. The second kappa shape index (κ2) is 7.70. The highest BCUT2D eigenvalue weighted by atomic mass is 79.9. The minimum Gasteiger partial charge on any atom is -0.289 e. The van der Waals surface area contributed by atoms with Crippen molar-refractivity contribution in [3.63, 3.8) is 0 Å². The molecule has 0 radical (unpaired) electrons. The minimum atomic E-state index is 0.0543. The molecule has 0 unspecified atom stereocenters. The largest absolute Gasteiger partial charge is 0.289 e. The van der Waals surface area contributed by atoms with Gasteiger partial charge in [-0.25, -0.2) is 0 Å². The highest BCUT2D eigenvalue weighted by Crippen LogP contribution is 2.17. The smallest absolute Gasteiger partial charge is 0.193 e. The second-order valence-corrected chi connectivity index (χ2v) is 3.94. The van der Waals surface area contributed by atoms with Crippen molar-refractivity contribution in [2.75, 3.05) is 5.83 Å². The van der Waals surface area contributed by atoms with E-state index in [1.54, 1.807) is 6.08 Å². The lowest BCUT2D eigenvalue weighted by Gasteiger charge is -2.07. The summed E-state index contributed by atoms with van der Waals surface area (Å²) in [5, 5.41) is 0. The Bertz CT molecular complexity index is 573. The summed E-state index contributed by atoms with van der Waals surface area (Å²) in [6, 6.07) is 15.2. The van der Waals surface area contributed by atoms with E-state index in [1.165, 1.54) is 0 Å². The molecule has 1 nitrogen and oxygen atoms in total. The van der Waals surface area contributed by atoms with Crippen molar-refractivity contribution >= 4 is 27.8 Å². The Labute approximate surface area is 123 Å². The van der Waals surface area contributed by atoms with Crippen LogP contribution in [0.3, 0.4) is 0 Å². The predicted octanol–water partition coefficient (Wildman–Crippen LogP) is 4.88. The molecule has 98 valence electrons. The van der Waals surface area contributed by atoms with E-state index < -0.39 is 0 Å². The average molecular weight is 317 g/mol. The van der Waals surface area contributed by atoms with Crippen molar-refractivity contribution in [3.8, 4) is 0 Å². The Morgan fingerprint density at radius 1 is 1.00 bits per heavy atom. The molecular weight excluding hydrogens is 300 g/mol. The third kappa shape index (κ3) is 3.65. The molecule has 0 bridgehead atoms. The Morgan fingerprint density at radius 3 is 2.11 bits per heavy atom. The van der Waals surface area contributed by atoms with Crippen LogP contribution in [0.5, 0.6) is 0 Å². The molecule has 0 saturated heterocycles. The van der Waals surface area contributed by atoms with Gasteiger partial charge in [0.2, 0.25) is 0 Å². The first-order valence-corrected chi connectivity index (χ1v) is 7.52. The van der Waals surface area contributed by atoms with Crippen LogP contribution in [0.15, 0.2) is 55.1 Å². The molecule has 0 heterocycles. The first-order chi connectivity index (χ1) is 9.24. The average Bonchev–Trinajstić information content (AvgIpc) is 2.49. The van der Waals surface area contributed by atoms with Crippen molar-refractivity contribution in [2.45, 2.75) is 6.92 Å². The van der Waals surface area contributed by atoms with Crippen LogP contribution in [-0.4, -0.2) is 11.6 Å². The van der Waals surface area contributed by atoms with Gasteiger partial charge in [0.05, 0.1) is 0 Å². The number of halogens is 1. The monoisotopic (exact) mass is 316 g/mol. The molecule has 0 amide bonds. The van der Waals surface area contributed by atoms with Gasteiger partial charge in [-0.1, -0.05) is 77.1 Å². The zero-order valence-corrected chi connectivity index (χ0v) is 12.8. The van der Waals surface area contributed by atoms with Crippen LogP contribution in [0.25, 0.3) is 6.08 Å². The van der Waals surface area contributed by atoms with E-state index in [4.69, 9.17) is 0 Å². The van der Waals surface area contributed by atoms with Gasteiger partial charge in [-0.05, 0) is 23.9 Å². The maximum absolute atomic E-state index is 12.4. The normalized spacial score (nSPS) is 9.21. The summed E-state index contributed by atoms with van der Waals surface area (Å²) < 4.78 is 0. The van der Waals surface area contributed by atoms with Crippen LogP contribution >= 0.6 is 15.9 Å². The number of benzene rings is 2. The summed E-state index contributed by atoms with van der Waals surface area (Å²) in [4.78, 5) is 12.4.